The molecule has 0 spiro atoms. The van der Waals surface area contributed by atoms with Crippen molar-refractivity contribution >= 4 is 31.3 Å². The Hall–Kier alpha value is -1.11. The fraction of sp³-hybridized carbons (Fsp3) is 0.333. The molecule has 8 heteroatoms. The van der Waals surface area contributed by atoms with E-state index in [1.165, 1.54) is 4.68 Å². The Morgan fingerprint density at radius 2 is 2.05 bits per heavy atom. The van der Waals surface area contributed by atoms with Crippen LogP contribution >= 0.6 is 22.3 Å². The molecule has 0 unspecified atom stereocenters. The molecule has 0 aliphatic carbocycles. The minimum Gasteiger partial charge on any atom is -0.237 e. The predicted molar refractivity (Wildman–Crippen MR) is 77.9 cm³/mol. The Morgan fingerprint density at radius 1 is 1.35 bits per heavy atom. The van der Waals surface area contributed by atoms with Crippen molar-refractivity contribution in [3.8, 4) is 5.82 Å². The van der Waals surface area contributed by atoms with Crippen LogP contribution in [0.1, 0.15) is 19.5 Å². The molecule has 0 amide bonds. The summed E-state index contributed by atoms with van der Waals surface area (Å²) < 4.78 is 24.7. The molecule has 2 heterocycles. The normalized spacial score (nSPS) is 12.1. The van der Waals surface area contributed by atoms with Gasteiger partial charge in [-0.1, -0.05) is 31.5 Å². The fourth-order valence-electron chi connectivity index (χ4n) is 1.82. The molecule has 0 aromatic carbocycles. The summed E-state index contributed by atoms with van der Waals surface area (Å²) in [4.78, 5) is 3.96. The minimum atomic E-state index is -3.97. The van der Waals surface area contributed by atoms with Crippen LogP contribution in [0.25, 0.3) is 5.82 Å². The van der Waals surface area contributed by atoms with Crippen LogP contribution in [0.3, 0.4) is 0 Å². The van der Waals surface area contributed by atoms with Crippen molar-refractivity contribution in [3.63, 3.8) is 0 Å². The highest BCUT2D eigenvalue weighted by molar-refractivity contribution is 8.13. The molecule has 0 saturated carbocycles. The SMILES string of the molecule is CC(C)Cc1nn(-c2ccccn2)c(Cl)c1S(=O)(=O)Cl. The molecule has 0 atom stereocenters. The number of halogens is 2. The van der Waals surface area contributed by atoms with E-state index in [-0.39, 0.29) is 16.0 Å². The van der Waals surface area contributed by atoms with Crippen molar-refractivity contribution in [1.29, 1.82) is 0 Å². The number of nitrogens with zero attached hydrogens (tertiary/aromatic N) is 3. The van der Waals surface area contributed by atoms with Crippen molar-refractivity contribution < 1.29 is 8.42 Å². The van der Waals surface area contributed by atoms with Crippen LogP contribution < -0.4 is 0 Å². The molecule has 2 rings (SSSR count). The van der Waals surface area contributed by atoms with Crippen molar-refractivity contribution in [3.05, 3.63) is 35.2 Å². The summed E-state index contributed by atoms with van der Waals surface area (Å²) in [6, 6.07) is 5.19. The summed E-state index contributed by atoms with van der Waals surface area (Å²) in [7, 11) is 1.50. The largest absolute Gasteiger partial charge is 0.266 e. The van der Waals surface area contributed by atoms with Crippen LogP contribution in [-0.2, 0) is 15.5 Å². The predicted octanol–water partition coefficient (Wildman–Crippen LogP) is 3.05. The molecule has 0 aliphatic heterocycles. The van der Waals surface area contributed by atoms with Crippen LogP contribution in [0.5, 0.6) is 0 Å². The first kappa shape index (κ1) is 15.3. The number of rotatable bonds is 4. The van der Waals surface area contributed by atoms with Gasteiger partial charge in [0.1, 0.15) is 4.90 Å². The summed E-state index contributed by atoms with van der Waals surface area (Å²) in [5.41, 5.74) is 0.352. The summed E-state index contributed by atoms with van der Waals surface area (Å²) in [6.07, 6.45) is 2.03. The Bertz CT molecular complexity index is 712. The first-order valence-electron chi connectivity index (χ1n) is 5.94. The lowest BCUT2D eigenvalue weighted by Gasteiger charge is -2.02. The van der Waals surface area contributed by atoms with E-state index in [2.05, 4.69) is 10.1 Å². The summed E-state index contributed by atoms with van der Waals surface area (Å²) in [6.45, 7) is 3.91. The van der Waals surface area contributed by atoms with Crippen LogP contribution in [-0.4, -0.2) is 23.2 Å². The topological polar surface area (TPSA) is 64.8 Å². The molecule has 0 radical (unpaired) electrons. The number of aromatic nitrogens is 3. The van der Waals surface area contributed by atoms with E-state index in [0.29, 0.717) is 17.9 Å². The molecule has 0 fully saturated rings. The van der Waals surface area contributed by atoms with Gasteiger partial charge in [-0.15, -0.1) is 0 Å². The zero-order valence-corrected chi connectivity index (χ0v) is 13.2. The minimum absolute atomic E-state index is 0.0469. The van der Waals surface area contributed by atoms with Crippen molar-refractivity contribution in [1.82, 2.24) is 14.8 Å². The quantitative estimate of drug-likeness (QED) is 0.806. The smallest absolute Gasteiger partial charge is 0.237 e. The van der Waals surface area contributed by atoms with Gasteiger partial charge in [0, 0.05) is 16.9 Å². The molecule has 0 aliphatic rings. The lowest BCUT2D eigenvalue weighted by molar-refractivity contribution is 0.600. The van der Waals surface area contributed by atoms with Crippen LogP contribution in [0.2, 0.25) is 5.15 Å². The first-order chi connectivity index (χ1) is 9.30. The maximum Gasteiger partial charge on any atom is 0.266 e. The van der Waals surface area contributed by atoms with Gasteiger partial charge in [-0.05, 0) is 24.5 Å². The highest BCUT2D eigenvalue weighted by Gasteiger charge is 2.27. The molecule has 2 aromatic heterocycles. The van der Waals surface area contributed by atoms with Gasteiger partial charge in [-0.3, -0.25) is 0 Å². The van der Waals surface area contributed by atoms with Gasteiger partial charge in [0.2, 0.25) is 0 Å². The Balaban J connectivity index is 2.65. The molecule has 108 valence electrons. The van der Waals surface area contributed by atoms with Gasteiger partial charge in [0.25, 0.3) is 9.05 Å². The average Bonchev–Trinajstić information content (AvgIpc) is 2.66. The van der Waals surface area contributed by atoms with E-state index < -0.39 is 9.05 Å². The standard InChI is InChI=1S/C12H13Cl2N3O2S/c1-8(2)7-9-11(20(14,18)19)12(13)17(16-9)10-5-3-4-6-15-10/h3-6,8H,7H2,1-2H3. The highest BCUT2D eigenvalue weighted by atomic mass is 35.7. The molecule has 5 nitrogen and oxygen atoms in total. The summed E-state index contributed by atoms with van der Waals surface area (Å²) in [5, 5.41) is 4.20. The Kier molecular flexibility index (Phi) is 4.36. The fourth-order valence-corrected chi connectivity index (χ4v) is 3.65. The maximum atomic E-state index is 11.7. The second kappa shape index (κ2) is 5.71. The number of pyridine rings is 1. The van der Waals surface area contributed by atoms with Crippen LogP contribution in [0, 0.1) is 5.92 Å². The first-order valence-corrected chi connectivity index (χ1v) is 8.63. The molecule has 0 N–H and O–H groups in total. The van der Waals surface area contributed by atoms with Crippen molar-refractivity contribution in [2.24, 2.45) is 5.92 Å². The van der Waals surface area contributed by atoms with Crippen molar-refractivity contribution in [2.75, 3.05) is 0 Å². The summed E-state index contributed by atoms with van der Waals surface area (Å²) >= 11 is 6.13. The third-order valence-corrected chi connectivity index (χ3v) is 4.41. The van der Waals surface area contributed by atoms with Gasteiger partial charge < -0.3 is 0 Å². The van der Waals surface area contributed by atoms with Crippen molar-refractivity contribution in [2.45, 2.75) is 25.2 Å². The van der Waals surface area contributed by atoms with E-state index in [4.69, 9.17) is 22.3 Å². The van der Waals surface area contributed by atoms with Crippen LogP contribution in [0.4, 0.5) is 0 Å². The maximum absolute atomic E-state index is 11.7. The number of hydrogen-bond donors (Lipinski definition) is 0. The molecule has 2 aromatic rings. The van der Waals surface area contributed by atoms with Gasteiger partial charge >= 0.3 is 0 Å². The zero-order valence-electron chi connectivity index (χ0n) is 10.9. The average molecular weight is 334 g/mol. The van der Waals surface area contributed by atoms with E-state index >= 15 is 0 Å². The Labute approximate surface area is 127 Å². The molecular weight excluding hydrogens is 321 g/mol. The Morgan fingerprint density at radius 3 is 2.55 bits per heavy atom. The second-order valence-electron chi connectivity index (χ2n) is 4.70. The van der Waals surface area contributed by atoms with Crippen LogP contribution in [0.15, 0.2) is 29.3 Å². The van der Waals surface area contributed by atoms with E-state index in [0.717, 1.165) is 0 Å². The molecule has 0 bridgehead atoms. The molecule has 20 heavy (non-hydrogen) atoms. The van der Waals surface area contributed by atoms with Gasteiger partial charge in [0.15, 0.2) is 11.0 Å². The summed E-state index contributed by atoms with van der Waals surface area (Å²) in [5.74, 6) is 0.657. The van der Waals surface area contributed by atoms with Gasteiger partial charge in [-0.25, -0.2) is 18.1 Å². The monoisotopic (exact) mass is 333 g/mol. The third-order valence-electron chi connectivity index (χ3n) is 2.57. The van der Waals surface area contributed by atoms with Gasteiger partial charge in [0.05, 0.1) is 5.69 Å². The molecular formula is C12H13Cl2N3O2S. The lowest BCUT2D eigenvalue weighted by atomic mass is 10.1. The van der Waals surface area contributed by atoms with E-state index in [1.807, 2.05) is 13.8 Å². The van der Waals surface area contributed by atoms with E-state index in [1.54, 1.807) is 24.4 Å². The van der Waals surface area contributed by atoms with E-state index in [9.17, 15) is 8.42 Å². The molecule has 0 saturated heterocycles. The lowest BCUT2D eigenvalue weighted by Crippen LogP contribution is -2.02. The number of hydrogen-bond acceptors (Lipinski definition) is 4. The highest BCUT2D eigenvalue weighted by Crippen LogP contribution is 2.31. The van der Waals surface area contributed by atoms with Gasteiger partial charge in [-0.2, -0.15) is 5.10 Å². The second-order valence-corrected chi connectivity index (χ2v) is 7.56. The third kappa shape index (κ3) is 3.13. The zero-order chi connectivity index (χ0) is 14.9.